The fourth-order valence-electron chi connectivity index (χ4n) is 5.60. The van der Waals surface area contributed by atoms with Crippen molar-refractivity contribution in [2.24, 2.45) is 0 Å². The van der Waals surface area contributed by atoms with E-state index in [2.05, 4.69) is 123 Å². The van der Waals surface area contributed by atoms with Crippen LogP contribution in [-0.4, -0.2) is 0 Å². The summed E-state index contributed by atoms with van der Waals surface area (Å²) in [5, 5.41) is 5.31. The summed E-state index contributed by atoms with van der Waals surface area (Å²) in [6.45, 7) is 4.29. The van der Waals surface area contributed by atoms with Gasteiger partial charge in [0.05, 0.1) is 0 Å². The molecule has 0 saturated heterocycles. The predicted octanol–water partition coefficient (Wildman–Crippen LogP) is 9.59. The highest BCUT2D eigenvalue weighted by Crippen LogP contribution is 2.50. The molecule has 0 N–H and O–H groups in total. The smallest absolute Gasteiger partial charge is 0.00264 e. The van der Waals surface area contributed by atoms with Crippen LogP contribution in [0.25, 0.3) is 66.1 Å². The van der Waals surface area contributed by atoms with Crippen LogP contribution in [0.4, 0.5) is 0 Å². The zero-order valence-corrected chi connectivity index (χ0v) is 19.4. The lowest BCUT2D eigenvalue weighted by molar-refractivity contribution is 1.47. The summed E-state index contributed by atoms with van der Waals surface area (Å²) < 4.78 is 0. The quantitative estimate of drug-likeness (QED) is 0.255. The number of hydrogen-bond donors (Lipinski definition) is 0. The Morgan fingerprint density at radius 3 is 1.26 bits per heavy atom. The third-order valence-corrected chi connectivity index (χ3v) is 7.36. The molecule has 7 rings (SSSR count). The topological polar surface area (TPSA) is 0 Å². The average molecular weight is 433 g/mol. The van der Waals surface area contributed by atoms with E-state index in [9.17, 15) is 0 Å². The first-order valence-electron chi connectivity index (χ1n) is 11.9. The second-order valence-corrected chi connectivity index (χ2v) is 9.55. The Bertz CT molecular complexity index is 1610. The summed E-state index contributed by atoms with van der Waals surface area (Å²) in [7, 11) is 0. The van der Waals surface area contributed by atoms with Crippen molar-refractivity contribution < 1.29 is 0 Å². The molecule has 34 heavy (non-hydrogen) atoms. The summed E-state index contributed by atoms with van der Waals surface area (Å²) in [6, 6.07) is 40.7. The van der Waals surface area contributed by atoms with Gasteiger partial charge < -0.3 is 0 Å². The first kappa shape index (κ1) is 19.3. The lowest BCUT2D eigenvalue weighted by Crippen LogP contribution is -1.89. The van der Waals surface area contributed by atoms with Crippen molar-refractivity contribution in [3.05, 3.63) is 120 Å². The minimum atomic E-state index is 1.26. The lowest BCUT2D eigenvalue weighted by Gasteiger charge is -2.15. The Labute approximate surface area is 200 Å². The second-order valence-electron chi connectivity index (χ2n) is 9.55. The monoisotopic (exact) mass is 432 g/mol. The lowest BCUT2D eigenvalue weighted by atomic mass is 9.88. The van der Waals surface area contributed by atoms with Gasteiger partial charge in [-0.15, -0.1) is 0 Å². The molecule has 6 aromatic carbocycles. The summed E-state index contributed by atoms with van der Waals surface area (Å²) in [5.74, 6) is 0. The van der Waals surface area contributed by atoms with Gasteiger partial charge in [0.25, 0.3) is 0 Å². The van der Waals surface area contributed by atoms with Crippen LogP contribution in [0.3, 0.4) is 0 Å². The summed E-state index contributed by atoms with van der Waals surface area (Å²) >= 11 is 0. The predicted molar refractivity (Wildman–Crippen MR) is 146 cm³/mol. The molecule has 0 heterocycles. The average Bonchev–Trinajstić information content (AvgIpc) is 3.18. The number of fused-ring (bicyclic) bond motifs is 4. The van der Waals surface area contributed by atoms with Crippen molar-refractivity contribution in [3.63, 3.8) is 0 Å². The molecular formula is C34H24. The van der Waals surface area contributed by atoms with E-state index < -0.39 is 0 Å². The maximum Gasteiger partial charge on any atom is -0.00264 e. The van der Waals surface area contributed by atoms with E-state index in [0.29, 0.717) is 0 Å². The first-order valence-corrected chi connectivity index (χ1v) is 11.9. The van der Waals surface area contributed by atoms with E-state index in [1.807, 2.05) is 0 Å². The summed E-state index contributed by atoms with van der Waals surface area (Å²) in [6.07, 6.45) is 0. The maximum atomic E-state index is 2.44. The van der Waals surface area contributed by atoms with E-state index in [4.69, 9.17) is 0 Å². The van der Waals surface area contributed by atoms with E-state index in [-0.39, 0.29) is 0 Å². The van der Waals surface area contributed by atoms with Crippen LogP contribution in [0, 0.1) is 13.8 Å². The molecule has 6 aromatic rings. The van der Waals surface area contributed by atoms with Gasteiger partial charge in [0.1, 0.15) is 0 Å². The highest BCUT2D eigenvalue weighted by molar-refractivity contribution is 6.19. The van der Waals surface area contributed by atoms with Gasteiger partial charge in [-0.3, -0.25) is 0 Å². The SMILES string of the molecule is Cc1ccc(-c2ccc(-c3ccc(C)cc3)c3cc4c(cc23)-c2cccc3cccc-4c23)cc1. The Hall–Kier alpha value is -4.16. The summed E-state index contributed by atoms with van der Waals surface area (Å²) in [4.78, 5) is 0. The molecule has 0 bridgehead atoms. The molecule has 0 spiro atoms. The molecule has 0 saturated carbocycles. The van der Waals surface area contributed by atoms with Crippen molar-refractivity contribution in [2.45, 2.75) is 13.8 Å². The standard InChI is InChI=1S/C34H24/c1-21-9-13-23(14-10-21)26-17-18-27(24-15-11-22(2)12-16-24)31-20-33-29-8-4-6-25-5-3-7-28(34(25)29)32(33)19-30(26)31/h3-20H,1-2H3. The molecule has 0 radical (unpaired) electrons. The molecule has 0 amide bonds. The number of aryl methyl sites for hydroxylation is 2. The van der Waals surface area contributed by atoms with Gasteiger partial charge in [0.15, 0.2) is 0 Å². The molecule has 0 fully saturated rings. The van der Waals surface area contributed by atoms with Crippen LogP contribution in [0.2, 0.25) is 0 Å². The molecule has 1 aliphatic carbocycles. The number of rotatable bonds is 2. The number of hydrogen-bond acceptors (Lipinski definition) is 0. The Morgan fingerprint density at radius 2 is 0.824 bits per heavy atom. The zero-order valence-electron chi connectivity index (χ0n) is 19.4. The molecule has 0 nitrogen and oxygen atoms in total. The van der Waals surface area contributed by atoms with Crippen molar-refractivity contribution in [1.82, 2.24) is 0 Å². The van der Waals surface area contributed by atoms with Gasteiger partial charge in [-0.05, 0) is 92.0 Å². The van der Waals surface area contributed by atoms with Gasteiger partial charge in [-0.2, -0.15) is 0 Å². The normalized spacial score (nSPS) is 11.8. The molecule has 1 aliphatic rings. The van der Waals surface area contributed by atoms with Crippen LogP contribution in [0.15, 0.2) is 109 Å². The number of benzene rings is 6. The van der Waals surface area contributed by atoms with Gasteiger partial charge >= 0.3 is 0 Å². The van der Waals surface area contributed by atoms with Crippen molar-refractivity contribution >= 4 is 21.5 Å². The molecule has 0 heteroatoms. The Morgan fingerprint density at radius 1 is 0.382 bits per heavy atom. The highest BCUT2D eigenvalue weighted by Gasteiger charge is 2.23. The van der Waals surface area contributed by atoms with Crippen LogP contribution in [0.5, 0.6) is 0 Å². The van der Waals surface area contributed by atoms with Gasteiger partial charge in [0.2, 0.25) is 0 Å². The second kappa shape index (κ2) is 7.17. The first-order chi connectivity index (χ1) is 16.7. The van der Waals surface area contributed by atoms with E-state index >= 15 is 0 Å². The third-order valence-electron chi connectivity index (χ3n) is 7.36. The van der Waals surface area contributed by atoms with Gasteiger partial charge in [-0.25, -0.2) is 0 Å². The minimum Gasteiger partial charge on any atom is -0.0610 e. The van der Waals surface area contributed by atoms with Crippen molar-refractivity contribution in [3.8, 4) is 44.5 Å². The molecule has 0 atom stereocenters. The minimum absolute atomic E-state index is 1.26. The maximum absolute atomic E-state index is 2.44. The third kappa shape index (κ3) is 2.79. The van der Waals surface area contributed by atoms with Gasteiger partial charge in [0, 0.05) is 0 Å². The molecule has 0 aliphatic heterocycles. The highest BCUT2D eigenvalue weighted by atomic mass is 14.3. The Balaban J connectivity index is 1.59. The van der Waals surface area contributed by atoms with Crippen LogP contribution in [0.1, 0.15) is 11.1 Å². The van der Waals surface area contributed by atoms with Crippen molar-refractivity contribution in [1.29, 1.82) is 0 Å². The molecule has 0 unspecified atom stereocenters. The van der Waals surface area contributed by atoms with E-state index in [1.165, 1.54) is 77.2 Å². The van der Waals surface area contributed by atoms with E-state index in [1.54, 1.807) is 0 Å². The van der Waals surface area contributed by atoms with E-state index in [0.717, 1.165) is 0 Å². The zero-order chi connectivity index (χ0) is 22.8. The van der Waals surface area contributed by atoms with Crippen LogP contribution in [-0.2, 0) is 0 Å². The fraction of sp³-hybridized carbons (Fsp3) is 0.0588. The summed E-state index contributed by atoms with van der Waals surface area (Å²) in [5.41, 5.74) is 13.1. The van der Waals surface area contributed by atoms with Crippen molar-refractivity contribution in [2.75, 3.05) is 0 Å². The molecular weight excluding hydrogens is 408 g/mol. The molecule has 0 aromatic heterocycles. The van der Waals surface area contributed by atoms with Crippen LogP contribution < -0.4 is 0 Å². The Kier molecular flexibility index (Phi) is 4.07. The molecule has 160 valence electrons. The van der Waals surface area contributed by atoms with Gasteiger partial charge in [-0.1, -0.05) is 108 Å². The fourth-order valence-corrected chi connectivity index (χ4v) is 5.60. The van der Waals surface area contributed by atoms with Crippen LogP contribution >= 0.6 is 0 Å². The largest absolute Gasteiger partial charge is 0.0610 e.